The number of aromatic nitrogens is 4. The summed E-state index contributed by atoms with van der Waals surface area (Å²) in [5, 5.41) is 4.83. The minimum absolute atomic E-state index is 0.0244. The summed E-state index contributed by atoms with van der Waals surface area (Å²) in [7, 11) is 0. The van der Waals surface area contributed by atoms with E-state index in [1.165, 1.54) is 10.4 Å². The monoisotopic (exact) mass is 385 g/mol. The Kier molecular flexibility index (Phi) is 3.94. The Balaban J connectivity index is 1.37. The van der Waals surface area contributed by atoms with Crippen molar-refractivity contribution in [3.8, 4) is 0 Å². The van der Waals surface area contributed by atoms with Crippen molar-refractivity contribution >= 4 is 21.6 Å². The lowest BCUT2D eigenvalue weighted by Gasteiger charge is -2.34. The normalized spacial score (nSPS) is 21.2. The van der Waals surface area contributed by atoms with Crippen LogP contribution in [0.25, 0.3) is 10.2 Å². The predicted molar refractivity (Wildman–Crippen MR) is 103 cm³/mol. The fraction of sp³-hybridized carbons (Fsp3) is 0.579. The molecule has 5 rings (SSSR count). The van der Waals surface area contributed by atoms with Gasteiger partial charge in [-0.15, -0.1) is 11.3 Å². The SMILES string of the molecule is CC1CCc2c(sc3nc(CCc4nc(C5(N)CCC5)no4)[nH]c(=O)c23)C1. The standard InChI is InChI=1S/C19H23N5O2S/c1-10-3-4-11-12(9-10)27-17-15(11)16(25)21-13(22-17)5-6-14-23-18(24-26-14)19(20)7-2-8-19/h10H,2-9,20H2,1H3,(H,21,22,25). The molecule has 2 aliphatic rings. The van der Waals surface area contributed by atoms with Crippen molar-refractivity contribution in [2.75, 3.05) is 0 Å². The Bertz CT molecular complexity index is 1060. The molecule has 3 aromatic heterocycles. The summed E-state index contributed by atoms with van der Waals surface area (Å²) in [5.41, 5.74) is 7.01. The zero-order chi connectivity index (χ0) is 18.6. The molecule has 8 heteroatoms. The van der Waals surface area contributed by atoms with E-state index in [0.29, 0.717) is 36.3 Å². The predicted octanol–water partition coefficient (Wildman–Crippen LogP) is 2.62. The third-order valence-electron chi connectivity index (χ3n) is 5.95. The van der Waals surface area contributed by atoms with Crippen LogP contribution >= 0.6 is 11.3 Å². The van der Waals surface area contributed by atoms with Crippen molar-refractivity contribution in [3.05, 3.63) is 38.3 Å². The van der Waals surface area contributed by atoms with Gasteiger partial charge in [0.25, 0.3) is 5.56 Å². The Morgan fingerprint density at radius 1 is 1.33 bits per heavy atom. The van der Waals surface area contributed by atoms with E-state index in [-0.39, 0.29) is 5.56 Å². The first-order valence-electron chi connectivity index (χ1n) is 9.67. The molecule has 0 spiro atoms. The summed E-state index contributed by atoms with van der Waals surface area (Å²) in [6.07, 6.45) is 7.18. The summed E-state index contributed by atoms with van der Waals surface area (Å²) < 4.78 is 5.35. The fourth-order valence-electron chi connectivity index (χ4n) is 4.08. The van der Waals surface area contributed by atoms with Crippen LogP contribution < -0.4 is 11.3 Å². The Morgan fingerprint density at radius 3 is 2.96 bits per heavy atom. The van der Waals surface area contributed by atoms with E-state index >= 15 is 0 Å². The molecular formula is C19H23N5O2S. The molecule has 7 nitrogen and oxygen atoms in total. The number of fused-ring (bicyclic) bond motifs is 3. The van der Waals surface area contributed by atoms with Gasteiger partial charge >= 0.3 is 0 Å². The molecule has 0 bridgehead atoms. The van der Waals surface area contributed by atoms with Crippen molar-refractivity contribution in [2.45, 2.75) is 63.8 Å². The van der Waals surface area contributed by atoms with Crippen molar-refractivity contribution in [2.24, 2.45) is 11.7 Å². The number of H-pyrrole nitrogens is 1. The largest absolute Gasteiger partial charge is 0.339 e. The average Bonchev–Trinajstić information content (AvgIpc) is 3.22. The highest BCUT2D eigenvalue weighted by Crippen LogP contribution is 2.37. The molecule has 1 fully saturated rings. The topological polar surface area (TPSA) is 111 Å². The smallest absolute Gasteiger partial charge is 0.259 e. The molecule has 0 saturated heterocycles. The van der Waals surface area contributed by atoms with Gasteiger partial charge in [0.15, 0.2) is 5.82 Å². The summed E-state index contributed by atoms with van der Waals surface area (Å²) in [5.74, 6) is 2.49. The van der Waals surface area contributed by atoms with Gasteiger partial charge in [-0.05, 0) is 50.0 Å². The van der Waals surface area contributed by atoms with Crippen LogP contribution in [-0.4, -0.2) is 20.1 Å². The number of hydrogen-bond acceptors (Lipinski definition) is 7. The second kappa shape index (κ2) is 6.24. The van der Waals surface area contributed by atoms with Crippen LogP contribution in [0, 0.1) is 5.92 Å². The van der Waals surface area contributed by atoms with E-state index < -0.39 is 5.54 Å². The van der Waals surface area contributed by atoms with E-state index in [0.717, 1.165) is 48.7 Å². The number of thiophene rings is 1. The average molecular weight is 385 g/mol. The van der Waals surface area contributed by atoms with E-state index in [4.69, 9.17) is 15.2 Å². The van der Waals surface area contributed by atoms with Crippen molar-refractivity contribution in [1.82, 2.24) is 20.1 Å². The van der Waals surface area contributed by atoms with Crippen molar-refractivity contribution in [1.29, 1.82) is 0 Å². The zero-order valence-corrected chi connectivity index (χ0v) is 16.2. The highest BCUT2D eigenvalue weighted by molar-refractivity contribution is 7.18. The Labute approximate surface area is 160 Å². The Morgan fingerprint density at radius 2 is 2.19 bits per heavy atom. The molecule has 3 aromatic rings. The first-order valence-corrected chi connectivity index (χ1v) is 10.5. The summed E-state index contributed by atoms with van der Waals surface area (Å²) >= 11 is 1.67. The maximum atomic E-state index is 12.7. The minimum atomic E-state index is -0.416. The van der Waals surface area contributed by atoms with Gasteiger partial charge in [-0.25, -0.2) is 4.98 Å². The molecule has 0 amide bonds. The van der Waals surface area contributed by atoms with E-state index in [9.17, 15) is 4.79 Å². The molecule has 1 saturated carbocycles. The van der Waals surface area contributed by atoms with Crippen LogP contribution in [0.1, 0.15) is 60.6 Å². The molecule has 3 heterocycles. The molecule has 142 valence electrons. The highest BCUT2D eigenvalue weighted by Gasteiger charge is 2.38. The first kappa shape index (κ1) is 17.1. The number of hydrogen-bond donors (Lipinski definition) is 2. The van der Waals surface area contributed by atoms with Crippen LogP contribution in [0.4, 0.5) is 0 Å². The molecule has 0 aliphatic heterocycles. The molecule has 3 N–H and O–H groups in total. The third kappa shape index (κ3) is 2.91. The molecule has 1 atom stereocenters. The van der Waals surface area contributed by atoms with Gasteiger partial charge in [-0.2, -0.15) is 4.98 Å². The molecule has 2 aliphatic carbocycles. The molecule has 1 unspecified atom stereocenters. The molecular weight excluding hydrogens is 362 g/mol. The van der Waals surface area contributed by atoms with Gasteiger partial charge in [0.1, 0.15) is 10.7 Å². The lowest BCUT2D eigenvalue weighted by Crippen LogP contribution is -2.44. The zero-order valence-electron chi connectivity index (χ0n) is 15.4. The quantitative estimate of drug-likeness (QED) is 0.714. The number of aromatic amines is 1. The van der Waals surface area contributed by atoms with Gasteiger partial charge < -0.3 is 15.2 Å². The maximum absolute atomic E-state index is 12.7. The number of nitrogens with one attached hydrogen (secondary N) is 1. The Hall–Kier alpha value is -2.06. The summed E-state index contributed by atoms with van der Waals surface area (Å²) in [6.45, 7) is 2.27. The van der Waals surface area contributed by atoms with Crippen molar-refractivity contribution < 1.29 is 4.52 Å². The maximum Gasteiger partial charge on any atom is 0.259 e. The van der Waals surface area contributed by atoms with Gasteiger partial charge in [0.05, 0.1) is 10.9 Å². The second-order valence-electron chi connectivity index (χ2n) is 8.07. The van der Waals surface area contributed by atoms with Gasteiger partial charge in [-0.1, -0.05) is 12.1 Å². The third-order valence-corrected chi connectivity index (χ3v) is 7.10. The van der Waals surface area contributed by atoms with Gasteiger partial charge in [-0.3, -0.25) is 4.79 Å². The number of rotatable bonds is 4. The highest BCUT2D eigenvalue weighted by atomic mass is 32.1. The van der Waals surface area contributed by atoms with Crippen LogP contribution in [0.3, 0.4) is 0 Å². The van der Waals surface area contributed by atoms with Gasteiger partial charge in [0.2, 0.25) is 5.89 Å². The van der Waals surface area contributed by atoms with Crippen LogP contribution in [0.2, 0.25) is 0 Å². The summed E-state index contributed by atoms with van der Waals surface area (Å²) in [6, 6.07) is 0. The van der Waals surface area contributed by atoms with Crippen LogP contribution in [-0.2, 0) is 31.2 Å². The van der Waals surface area contributed by atoms with Gasteiger partial charge in [0, 0.05) is 17.7 Å². The van der Waals surface area contributed by atoms with Crippen LogP contribution in [0.5, 0.6) is 0 Å². The van der Waals surface area contributed by atoms with E-state index in [1.54, 1.807) is 11.3 Å². The number of nitrogens with zero attached hydrogens (tertiary/aromatic N) is 3. The molecule has 0 aromatic carbocycles. The van der Waals surface area contributed by atoms with E-state index in [2.05, 4.69) is 22.0 Å². The van der Waals surface area contributed by atoms with Crippen molar-refractivity contribution in [3.63, 3.8) is 0 Å². The number of nitrogens with two attached hydrogens (primary N) is 1. The fourth-order valence-corrected chi connectivity index (χ4v) is 5.48. The lowest BCUT2D eigenvalue weighted by molar-refractivity contribution is 0.229. The summed E-state index contributed by atoms with van der Waals surface area (Å²) in [4.78, 5) is 26.9. The second-order valence-corrected chi connectivity index (χ2v) is 9.15. The first-order chi connectivity index (χ1) is 13.0. The minimum Gasteiger partial charge on any atom is -0.339 e. The van der Waals surface area contributed by atoms with Crippen LogP contribution in [0.15, 0.2) is 9.32 Å². The molecule has 0 radical (unpaired) electrons. The van der Waals surface area contributed by atoms with E-state index in [1.807, 2.05) is 0 Å². The number of aryl methyl sites for hydroxylation is 3. The molecule has 27 heavy (non-hydrogen) atoms. The lowest BCUT2D eigenvalue weighted by atomic mass is 9.77.